The van der Waals surface area contributed by atoms with Crippen LogP contribution in [0.2, 0.25) is 0 Å². The SMILES string of the molecule is C=C(N)/C(=C\c1ncccc1C)N1CCC(CNC(=O)OC(C)(C)C)CC1. The number of rotatable bonds is 5. The van der Waals surface area contributed by atoms with E-state index in [1.165, 1.54) is 0 Å². The summed E-state index contributed by atoms with van der Waals surface area (Å²) in [4.78, 5) is 18.5. The predicted octanol–water partition coefficient (Wildman–Crippen LogP) is 3.44. The van der Waals surface area contributed by atoms with Crippen LogP contribution in [0.25, 0.3) is 6.08 Å². The third-order valence-electron chi connectivity index (χ3n) is 4.54. The van der Waals surface area contributed by atoms with E-state index in [9.17, 15) is 4.79 Å². The first-order valence-electron chi connectivity index (χ1n) is 9.45. The molecule has 0 aliphatic carbocycles. The van der Waals surface area contributed by atoms with Crippen molar-refractivity contribution in [3.05, 3.63) is 47.6 Å². The number of hydrogen-bond donors (Lipinski definition) is 2. The molecule has 27 heavy (non-hydrogen) atoms. The zero-order valence-electron chi connectivity index (χ0n) is 16.9. The summed E-state index contributed by atoms with van der Waals surface area (Å²) >= 11 is 0. The fourth-order valence-electron chi connectivity index (χ4n) is 3.09. The van der Waals surface area contributed by atoms with E-state index in [4.69, 9.17) is 10.5 Å². The Labute approximate surface area is 162 Å². The fourth-order valence-corrected chi connectivity index (χ4v) is 3.09. The molecule has 1 fully saturated rings. The first-order valence-corrected chi connectivity index (χ1v) is 9.45. The van der Waals surface area contributed by atoms with Gasteiger partial charge in [-0.3, -0.25) is 4.98 Å². The Morgan fingerprint density at radius 3 is 2.67 bits per heavy atom. The number of nitrogens with zero attached hydrogens (tertiary/aromatic N) is 2. The Morgan fingerprint density at radius 1 is 1.44 bits per heavy atom. The summed E-state index contributed by atoms with van der Waals surface area (Å²) in [6.45, 7) is 13.9. The monoisotopic (exact) mass is 372 g/mol. The minimum Gasteiger partial charge on any atom is -0.444 e. The van der Waals surface area contributed by atoms with E-state index in [1.54, 1.807) is 6.20 Å². The fraction of sp³-hybridized carbons (Fsp3) is 0.524. The molecule has 3 N–H and O–H groups in total. The molecular formula is C21H32N4O2. The van der Waals surface area contributed by atoms with Gasteiger partial charge in [0, 0.05) is 31.5 Å². The number of amides is 1. The van der Waals surface area contributed by atoms with Gasteiger partial charge in [-0.05, 0) is 64.2 Å². The molecule has 0 saturated carbocycles. The minimum atomic E-state index is -0.474. The number of likely N-dealkylation sites (tertiary alicyclic amines) is 1. The maximum Gasteiger partial charge on any atom is 0.407 e. The molecule has 1 aromatic heterocycles. The minimum absolute atomic E-state index is 0.355. The van der Waals surface area contributed by atoms with Gasteiger partial charge in [-0.1, -0.05) is 12.6 Å². The van der Waals surface area contributed by atoms with Gasteiger partial charge in [0.25, 0.3) is 0 Å². The second-order valence-electron chi connectivity index (χ2n) is 8.07. The van der Waals surface area contributed by atoms with Gasteiger partial charge in [-0.2, -0.15) is 0 Å². The number of nitrogens with one attached hydrogen (secondary N) is 1. The summed E-state index contributed by atoms with van der Waals surface area (Å²) in [5, 5.41) is 2.88. The largest absolute Gasteiger partial charge is 0.444 e. The quantitative estimate of drug-likeness (QED) is 0.774. The van der Waals surface area contributed by atoms with Crippen LogP contribution in [-0.4, -0.2) is 41.2 Å². The number of carbonyl (C=O) groups is 1. The Balaban J connectivity index is 1.92. The Hall–Kier alpha value is -2.50. The van der Waals surface area contributed by atoms with E-state index in [1.807, 2.05) is 45.9 Å². The highest BCUT2D eigenvalue weighted by atomic mass is 16.6. The van der Waals surface area contributed by atoms with Crippen LogP contribution in [0.3, 0.4) is 0 Å². The number of alkyl carbamates (subject to hydrolysis) is 1. The van der Waals surface area contributed by atoms with Crippen molar-refractivity contribution in [2.75, 3.05) is 19.6 Å². The van der Waals surface area contributed by atoms with Gasteiger partial charge < -0.3 is 20.7 Å². The molecule has 2 rings (SSSR count). The number of ether oxygens (including phenoxy) is 1. The molecular weight excluding hydrogens is 340 g/mol. The lowest BCUT2D eigenvalue weighted by Gasteiger charge is -2.35. The van der Waals surface area contributed by atoms with Crippen molar-refractivity contribution in [3.8, 4) is 0 Å². The molecule has 1 aliphatic heterocycles. The second kappa shape index (κ2) is 8.93. The molecule has 1 aromatic rings. The third-order valence-corrected chi connectivity index (χ3v) is 4.54. The molecule has 6 nitrogen and oxygen atoms in total. The zero-order chi connectivity index (χ0) is 20.0. The van der Waals surface area contributed by atoms with E-state index < -0.39 is 5.60 Å². The Bertz CT molecular complexity index is 698. The van der Waals surface area contributed by atoms with E-state index in [2.05, 4.69) is 21.8 Å². The van der Waals surface area contributed by atoms with Gasteiger partial charge in [0.1, 0.15) is 5.60 Å². The summed E-state index contributed by atoms with van der Waals surface area (Å²) in [6.07, 6.45) is 5.39. The molecule has 0 spiro atoms. The van der Waals surface area contributed by atoms with Crippen LogP contribution in [0.4, 0.5) is 4.79 Å². The lowest BCUT2D eigenvalue weighted by molar-refractivity contribution is 0.0512. The standard InChI is InChI=1S/C21H32N4O2/c1-15-7-6-10-23-18(15)13-19(16(2)22)25-11-8-17(9-12-25)14-24-20(26)27-21(3,4)5/h6-7,10,13,17H,2,8-9,11-12,14,22H2,1,3-5H3,(H,24,26)/b19-13+. The average molecular weight is 373 g/mol. The van der Waals surface area contributed by atoms with Gasteiger partial charge in [0.15, 0.2) is 0 Å². The average Bonchev–Trinajstić information content (AvgIpc) is 2.58. The lowest BCUT2D eigenvalue weighted by Crippen LogP contribution is -2.40. The summed E-state index contributed by atoms with van der Waals surface area (Å²) < 4.78 is 5.29. The van der Waals surface area contributed by atoms with Gasteiger partial charge >= 0.3 is 6.09 Å². The van der Waals surface area contributed by atoms with Crippen molar-refractivity contribution in [1.29, 1.82) is 0 Å². The Morgan fingerprint density at radius 2 is 2.11 bits per heavy atom. The number of pyridine rings is 1. The normalized spacial score (nSPS) is 16.1. The maximum atomic E-state index is 11.8. The predicted molar refractivity (Wildman–Crippen MR) is 109 cm³/mol. The Kier molecular flexibility index (Phi) is 6.88. The molecule has 0 atom stereocenters. The van der Waals surface area contributed by atoms with E-state index in [0.29, 0.717) is 18.2 Å². The molecule has 1 saturated heterocycles. The van der Waals surface area contributed by atoms with Gasteiger partial charge in [-0.15, -0.1) is 0 Å². The highest BCUT2D eigenvalue weighted by Gasteiger charge is 2.23. The van der Waals surface area contributed by atoms with Crippen LogP contribution < -0.4 is 11.1 Å². The first kappa shape index (κ1) is 20.8. The van der Waals surface area contributed by atoms with E-state index >= 15 is 0 Å². The molecule has 0 bridgehead atoms. The van der Waals surface area contributed by atoms with Crippen molar-refractivity contribution >= 4 is 12.2 Å². The van der Waals surface area contributed by atoms with Crippen LogP contribution in [0.15, 0.2) is 36.3 Å². The van der Waals surface area contributed by atoms with Crippen LogP contribution >= 0.6 is 0 Å². The molecule has 1 amide bonds. The third kappa shape index (κ3) is 6.62. The van der Waals surface area contributed by atoms with Crippen LogP contribution in [0, 0.1) is 12.8 Å². The van der Waals surface area contributed by atoms with Crippen LogP contribution in [0.1, 0.15) is 44.9 Å². The summed E-state index contributed by atoms with van der Waals surface area (Å²) in [7, 11) is 0. The van der Waals surface area contributed by atoms with E-state index in [0.717, 1.165) is 42.9 Å². The van der Waals surface area contributed by atoms with Gasteiger partial charge in [0.2, 0.25) is 0 Å². The number of nitrogens with two attached hydrogens (primary N) is 1. The van der Waals surface area contributed by atoms with Crippen molar-refractivity contribution < 1.29 is 9.53 Å². The first-order chi connectivity index (χ1) is 12.7. The van der Waals surface area contributed by atoms with E-state index in [-0.39, 0.29) is 6.09 Å². The second-order valence-corrected chi connectivity index (χ2v) is 8.07. The van der Waals surface area contributed by atoms with Crippen molar-refractivity contribution in [3.63, 3.8) is 0 Å². The zero-order valence-corrected chi connectivity index (χ0v) is 16.9. The van der Waals surface area contributed by atoms with Crippen molar-refractivity contribution in [1.82, 2.24) is 15.2 Å². The molecule has 0 aromatic carbocycles. The number of hydrogen-bond acceptors (Lipinski definition) is 5. The van der Waals surface area contributed by atoms with Crippen LogP contribution in [0.5, 0.6) is 0 Å². The lowest BCUT2D eigenvalue weighted by atomic mass is 9.96. The number of piperidine rings is 1. The summed E-state index contributed by atoms with van der Waals surface area (Å²) in [5.41, 5.74) is 9.06. The summed E-state index contributed by atoms with van der Waals surface area (Å²) in [6, 6.07) is 3.96. The number of aromatic nitrogens is 1. The molecule has 6 heteroatoms. The molecule has 0 radical (unpaired) electrons. The van der Waals surface area contributed by atoms with Crippen molar-refractivity contribution in [2.24, 2.45) is 11.7 Å². The summed E-state index contributed by atoms with van der Waals surface area (Å²) in [5.74, 6) is 0.428. The molecule has 0 unspecified atom stereocenters. The van der Waals surface area contributed by atoms with Gasteiger partial charge in [-0.25, -0.2) is 4.79 Å². The highest BCUT2D eigenvalue weighted by Crippen LogP contribution is 2.24. The molecule has 148 valence electrons. The highest BCUT2D eigenvalue weighted by molar-refractivity contribution is 5.67. The number of aryl methyl sites for hydroxylation is 1. The van der Waals surface area contributed by atoms with Crippen LogP contribution in [-0.2, 0) is 4.74 Å². The molecule has 2 heterocycles. The topological polar surface area (TPSA) is 80.5 Å². The number of carbonyl (C=O) groups excluding carboxylic acids is 1. The smallest absolute Gasteiger partial charge is 0.407 e. The van der Waals surface area contributed by atoms with Gasteiger partial charge in [0.05, 0.1) is 11.4 Å². The van der Waals surface area contributed by atoms with Crippen molar-refractivity contribution in [2.45, 2.75) is 46.1 Å². The molecule has 1 aliphatic rings. The maximum absolute atomic E-state index is 11.8.